The number of benzene rings is 2. The fraction of sp³-hybridized carbons (Fsp3) is 0.269. The van der Waals surface area contributed by atoms with Crippen molar-refractivity contribution in [1.82, 2.24) is 4.57 Å². The molecule has 0 amide bonds. The van der Waals surface area contributed by atoms with Crippen molar-refractivity contribution in [3.63, 3.8) is 0 Å². The number of aromatic nitrogens is 1. The minimum Gasteiger partial charge on any atom is -0.459 e. The Labute approximate surface area is 215 Å². The number of thioether (sulfide) groups is 1. The number of ether oxygens (including phenoxy) is 1. The van der Waals surface area contributed by atoms with Gasteiger partial charge in [-0.3, -0.25) is 9.36 Å². The molecule has 176 valence electrons. The maximum absolute atomic E-state index is 13.7. The summed E-state index contributed by atoms with van der Waals surface area (Å²) < 4.78 is 8.72. The van der Waals surface area contributed by atoms with Crippen LogP contribution in [0.5, 0.6) is 0 Å². The zero-order chi connectivity index (χ0) is 24.6. The number of allylic oxidation sites excluding steroid dienone is 1. The first-order chi connectivity index (χ1) is 16.2. The molecule has 0 fully saturated rings. The van der Waals surface area contributed by atoms with Crippen LogP contribution in [0, 0.1) is 6.92 Å². The second-order valence-corrected chi connectivity index (χ2v) is 11.1. The van der Waals surface area contributed by atoms with Crippen molar-refractivity contribution >= 4 is 51.1 Å². The maximum Gasteiger partial charge on any atom is 0.338 e. The summed E-state index contributed by atoms with van der Waals surface area (Å²) in [5, 5.41) is 0. The number of nitrogens with zero attached hydrogens (tertiary/aromatic N) is 2. The Morgan fingerprint density at radius 3 is 2.53 bits per heavy atom. The van der Waals surface area contributed by atoms with Gasteiger partial charge in [-0.15, -0.1) is 11.8 Å². The van der Waals surface area contributed by atoms with E-state index in [1.807, 2.05) is 75.6 Å². The first-order valence-corrected chi connectivity index (χ1v) is 13.7. The molecular weight excluding hydrogens is 532 g/mol. The van der Waals surface area contributed by atoms with Gasteiger partial charge in [-0.2, -0.15) is 0 Å². The Hall–Kier alpha value is -2.42. The van der Waals surface area contributed by atoms with Gasteiger partial charge in [-0.25, -0.2) is 9.79 Å². The predicted octanol–water partition coefficient (Wildman–Crippen LogP) is 4.98. The van der Waals surface area contributed by atoms with Crippen molar-refractivity contribution in [2.75, 3.05) is 6.26 Å². The van der Waals surface area contributed by atoms with Crippen LogP contribution in [-0.2, 0) is 9.53 Å². The highest BCUT2D eigenvalue weighted by Gasteiger charge is 2.33. The van der Waals surface area contributed by atoms with E-state index >= 15 is 0 Å². The monoisotopic (exact) mass is 556 g/mol. The van der Waals surface area contributed by atoms with Crippen LogP contribution in [0.2, 0.25) is 0 Å². The van der Waals surface area contributed by atoms with Gasteiger partial charge in [-0.05, 0) is 74.9 Å². The first kappa shape index (κ1) is 24.7. The fourth-order valence-electron chi connectivity index (χ4n) is 3.81. The third kappa shape index (κ3) is 4.85. The first-order valence-electron chi connectivity index (χ1n) is 10.8. The Morgan fingerprint density at radius 1 is 1.21 bits per heavy atom. The molecule has 0 aliphatic carbocycles. The van der Waals surface area contributed by atoms with Gasteiger partial charge in [-0.1, -0.05) is 51.5 Å². The molecule has 1 aliphatic rings. The predicted molar refractivity (Wildman–Crippen MR) is 142 cm³/mol. The molecular formula is C26H25BrN2O3S2. The summed E-state index contributed by atoms with van der Waals surface area (Å²) in [6.07, 6.45) is 3.60. The van der Waals surface area contributed by atoms with Gasteiger partial charge in [0.2, 0.25) is 0 Å². The summed E-state index contributed by atoms with van der Waals surface area (Å²) in [6, 6.07) is 13.3. The van der Waals surface area contributed by atoms with E-state index in [2.05, 4.69) is 20.9 Å². The molecule has 5 nitrogen and oxygen atoms in total. The Morgan fingerprint density at radius 2 is 1.91 bits per heavy atom. The van der Waals surface area contributed by atoms with Gasteiger partial charge < -0.3 is 4.74 Å². The number of aryl methyl sites for hydroxylation is 1. The summed E-state index contributed by atoms with van der Waals surface area (Å²) >= 11 is 6.53. The van der Waals surface area contributed by atoms with Crippen molar-refractivity contribution in [2.24, 2.45) is 4.99 Å². The second kappa shape index (κ2) is 10.1. The van der Waals surface area contributed by atoms with Gasteiger partial charge >= 0.3 is 5.97 Å². The molecule has 1 aromatic heterocycles. The molecule has 0 saturated carbocycles. The topological polar surface area (TPSA) is 60.7 Å². The number of rotatable bonds is 5. The SMILES string of the molecule is CSc1ccc([C@H]2C(C(=O)OC(C)C)=C(C)N=c3s/c(=C\c4ccc(C)c(Br)c4)c(=O)n32)cc1. The number of fused-ring (bicyclic) bond motifs is 1. The van der Waals surface area contributed by atoms with E-state index in [9.17, 15) is 9.59 Å². The van der Waals surface area contributed by atoms with Crippen LogP contribution in [0.3, 0.4) is 0 Å². The number of hydrogen-bond donors (Lipinski definition) is 0. The van der Waals surface area contributed by atoms with Crippen LogP contribution < -0.4 is 14.9 Å². The van der Waals surface area contributed by atoms with E-state index in [0.29, 0.717) is 20.6 Å². The lowest BCUT2D eigenvalue weighted by molar-refractivity contribution is -0.143. The molecule has 4 rings (SSSR count). The molecule has 2 aromatic carbocycles. The lowest BCUT2D eigenvalue weighted by Crippen LogP contribution is -2.40. The minimum atomic E-state index is -0.606. The van der Waals surface area contributed by atoms with Gasteiger partial charge in [0.15, 0.2) is 4.80 Å². The van der Waals surface area contributed by atoms with Crippen LogP contribution >= 0.6 is 39.0 Å². The number of thiazole rings is 1. The zero-order valence-corrected chi connectivity index (χ0v) is 22.8. The molecule has 0 spiro atoms. The van der Waals surface area contributed by atoms with Crippen LogP contribution in [0.15, 0.2) is 72.9 Å². The largest absolute Gasteiger partial charge is 0.459 e. The van der Waals surface area contributed by atoms with Gasteiger partial charge in [0.05, 0.1) is 27.9 Å². The molecule has 0 N–H and O–H groups in total. The molecule has 3 aromatic rings. The molecule has 0 bridgehead atoms. The molecule has 2 heterocycles. The number of carbonyl (C=O) groups excluding carboxylic acids is 1. The van der Waals surface area contributed by atoms with E-state index in [1.165, 1.54) is 11.3 Å². The third-order valence-electron chi connectivity index (χ3n) is 5.51. The average molecular weight is 558 g/mol. The van der Waals surface area contributed by atoms with Crippen LogP contribution in [-0.4, -0.2) is 22.9 Å². The smallest absolute Gasteiger partial charge is 0.338 e. The summed E-state index contributed by atoms with van der Waals surface area (Å²) in [5.41, 5.74) is 3.66. The molecule has 8 heteroatoms. The van der Waals surface area contributed by atoms with Crippen molar-refractivity contribution < 1.29 is 9.53 Å². The molecule has 1 atom stereocenters. The normalized spacial score (nSPS) is 16.0. The van der Waals surface area contributed by atoms with Crippen molar-refractivity contribution in [3.8, 4) is 0 Å². The van der Waals surface area contributed by atoms with Crippen molar-refractivity contribution in [2.45, 2.75) is 44.7 Å². The summed E-state index contributed by atoms with van der Waals surface area (Å²) in [5.74, 6) is -0.452. The average Bonchev–Trinajstić information content (AvgIpc) is 3.09. The number of esters is 1. The maximum atomic E-state index is 13.7. The summed E-state index contributed by atoms with van der Waals surface area (Å²) in [4.78, 5) is 33.1. The highest BCUT2D eigenvalue weighted by molar-refractivity contribution is 9.10. The lowest BCUT2D eigenvalue weighted by Gasteiger charge is -2.25. The quantitative estimate of drug-likeness (QED) is 0.328. The molecule has 0 radical (unpaired) electrons. The number of carbonyl (C=O) groups is 1. The van der Waals surface area contributed by atoms with E-state index in [0.717, 1.165) is 26.1 Å². The highest BCUT2D eigenvalue weighted by atomic mass is 79.9. The van der Waals surface area contributed by atoms with E-state index in [4.69, 9.17) is 4.74 Å². The number of hydrogen-bond acceptors (Lipinski definition) is 6. The molecule has 0 saturated heterocycles. The molecule has 1 aliphatic heterocycles. The van der Waals surface area contributed by atoms with Gasteiger partial charge in [0.25, 0.3) is 5.56 Å². The fourth-order valence-corrected chi connectivity index (χ4v) is 5.66. The van der Waals surface area contributed by atoms with E-state index in [-0.39, 0.29) is 11.7 Å². The van der Waals surface area contributed by atoms with Gasteiger partial charge in [0, 0.05) is 9.37 Å². The highest BCUT2D eigenvalue weighted by Crippen LogP contribution is 2.32. The molecule has 34 heavy (non-hydrogen) atoms. The van der Waals surface area contributed by atoms with E-state index < -0.39 is 12.0 Å². The second-order valence-electron chi connectivity index (χ2n) is 8.32. The lowest BCUT2D eigenvalue weighted by atomic mass is 9.96. The zero-order valence-electron chi connectivity index (χ0n) is 19.6. The Bertz CT molecular complexity index is 1470. The third-order valence-corrected chi connectivity index (χ3v) is 8.09. The van der Waals surface area contributed by atoms with Crippen LogP contribution in [0.25, 0.3) is 6.08 Å². The van der Waals surface area contributed by atoms with Gasteiger partial charge in [0.1, 0.15) is 0 Å². The van der Waals surface area contributed by atoms with Crippen LogP contribution in [0.4, 0.5) is 0 Å². The van der Waals surface area contributed by atoms with Crippen LogP contribution in [0.1, 0.15) is 43.5 Å². The summed E-state index contributed by atoms with van der Waals surface area (Å²) in [6.45, 7) is 7.44. The van der Waals surface area contributed by atoms with Crippen molar-refractivity contribution in [3.05, 3.63) is 94.6 Å². The van der Waals surface area contributed by atoms with E-state index in [1.54, 1.807) is 23.3 Å². The summed E-state index contributed by atoms with van der Waals surface area (Å²) in [7, 11) is 0. The Kier molecular flexibility index (Phi) is 7.31. The minimum absolute atomic E-state index is 0.179. The molecule has 0 unspecified atom stereocenters. The standard InChI is InChI=1S/C26H25BrN2O3S2/c1-14(2)32-25(31)22-16(4)28-26-29(23(22)18-8-10-19(33-5)11-9-18)24(30)21(34-26)13-17-7-6-15(3)20(27)12-17/h6-14,23H,1-5H3/b21-13-/t23-/m0/s1. The Balaban J connectivity index is 1.93. The number of halogens is 1. The van der Waals surface area contributed by atoms with Crippen molar-refractivity contribution in [1.29, 1.82) is 0 Å².